The highest BCUT2D eigenvalue weighted by Gasteiger charge is 2.21. The summed E-state index contributed by atoms with van der Waals surface area (Å²) >= 11 is 0. The number of esters is 1. The summed E-state index contributed by atoms with van der Waals surface area (Å²) in [7, 11) is 3.67. The van der Waals surface area contributed by atoms with Crippen LogP contribution in [0.2, 0.25) is 0 Å². The van der Waals surface area contributed by atoms with Crippen molar-refractivity contribution in [3.63, 3.8) is 0 Å². The Balaban J connectivity index is 0.00000180. The Bertz CT molecular complexity index is 417. The molecule has 1 saturated heterocycles. The zero-order valence-corrected chi connectivity index (χ0v) is 12.0. The van der Waals surface area contributed by atoms with Crippen molar-refractivity contribution in [2.24, 2.45) is 0 Å². The van der Waals surface area contributed by atoms with E-state index in [9.17, 15) is 4.79 Å². The molecule has 0 unspecified atom stereocenters. The van der Waals surface area contributed by atoms with Crippen molar-refractivity contribution < 1.29 is 26.7 Å². The van der Waals surface area contributed by atoms with E-state index in [0.717, 1.165) is 25.9 Å². The van der Waals surface area contributed by atoms with Gasteiger partial charge in [-0.05, 0) is 38.1 Å². The molecule has 1 fully saturated rings. The van der Waals surface area contributed by atoms with E-state index in [2.05, 4.69) is 11.9 Å². The second-order valence-electron chi connectivity index (χ2n) is 4.64. The first kappa shape index (κ1) is 15.8. The lowest BCUT2D eigenvalue weighted by molar-refractivity contribution is -0.0000644. The number of carbonyl (C=O) groups excluding carboxylic acids is 1. The van der Waals surface area contributed by atoms with Crippen LogP contribution in [0.1, 0.15) is 23.2 Å². The highest BCUT2D eigenvalue weighted by atomic mass is 35.5. The summed E-state index contributed by atoms with van der Waals surface area (Å²) in [6.07, 6.45) is 1.86. The molecule has 4 nitrogen and oxygen atoms in total. The van der Waals surface area contributed by atoms with Crippen molar-refractivity contribution >= 4 is 5.97 Å². The second kappa shape index (κ2) is 7.36. The van der Waals surface area contributed by atoms with Gasteiger partial charge in [0.05, 0.1) is 12.7 Å². The maximum absolute atomic E-state index is 12.0. The zero-order chi connectivity index (χ0) is 13.0. The third-order valence-electron chi connectivity index (χ3n) is 3.24. The fraction of sp³-hybridized carbons (Fsp3) is 0.500. The van der Waals surface area contributed by atoms with Crippen LogP contribution in [-0.2, 0) is 4.74 Å². The van der Waals surface area contributed by atoms with Gasteiger partial charge in [-0.3, -0.25) is 0 Å². The van der Waals surface area contributed by atoms with Crippen molar-refractivity contribution in [2.45, 2.75) is 18.9 Å². The molecule has 1 aliphatic rings. The topological polar surface area (TPSA) is 38.8 Å². The number of piperidine rings is 1. The summed E-state index contributed by atoms with van der Waals surface area (Å²) in [4.78, 5) is 14.2. The van der Waals surface area contributed by atoms with Gasteiger partial charge in [-0.2, -0.15) is 0 Å². The Morgan fingerprint density at radius 1 is 1.32 bits per heavy atom. The number of rotatable bonds is 3. The van der Waals surface area contributed by atoms with Crippen LogP contribution in [0.25, 0.3) is 0 Å². The molecule has 0 atom stereocenters. The van der Waals surface area contributed by atoms with E-state index >= 15 is 0 Å². The Kier molecular flexibility index (Phi) is 6.12. The van der Waals surface area contributed by atoms with E-state index in [1.807, 2.05) is 6.07 Å². The molecule has 0 N–H and O–H groups in total. The van der Waals surface area contributed by atoms with E-state index in [1.54, 1.807) is 25.3 Å². The fourth-order valence-electron chi connectivity index (χ4n) is 2.07. The van der Waals surface area contributed by atoms with Gasteiger partial charge in [-0.1, -0.05) is 6.07 Å². The van der Waals surface area contributed by atoms with Crippen molar-refractivity contribution in [3.05, 3.63) is 29.8 Å². The van der Waals surface area contributed by atoms with Crippen LogP contribution in [0.4, 0.5) is 0 Å². The second-order valence-corrected chi connectivity index (χ2v) is 4.64. The maximum atomic E-state index is 12.0. The lowest BCUT2D eigenvalue weighted by Crippen LogP contribution is -3.00. The molecule has 2 rings (SSSR count). The molecular formula is C14H19ClNO3-. The van der Waals surface area contributed by atoms with Crippen LogP contribution < -0.4 is 17.1 Å². The molecule has 1 heterocycles. The summed E-state index contributed by atoms with van der Waals surface area (Å²) in [5, 5.41) is 0. The standard InChI is InChI=1S/C14H19NO3.ClH/c1-15-8-6-12(7-9-15)18-14(16)11-4-3-5-13(10-11)17-2;/h3-5,10,12H,6-9H2,1-2H3;1H/p-1. The molecule has 1 aromatic rings. The molecule has 0 aromatic heterocycles. The third-order valence-corrected chi connectivity index (χ3v) is 3.24. The lowest BCUT2D eigenvalue weighted by Gasteiger charge is -2.28. The summed E-state index contributed by atoms with van der Waals surface area (Å²) < 4.78 is 10.6. The predicted molar refractivity (Wildman–Crippen MR) is 68.9 cm³/mol. The van der Waals surface area contributed by atoms with Crippen LogP contribution in [0.15, 0.2) is 24.3 Å². The van der Waals surface area contributed by atoms with Crippen LogP contribution in [0.5, 0.6) is 5.75 Å². The molecule has 0 spiro atoms. The number of halogens is 1. The van der Waals surface area contributed by atoms with E-state index in [4.69, 9.17) is 9.47 Å². The Morgan fingerprint density at radius 2 is 2.00 bits per heavy atom. The largest absolute Gasteiger partial charge is 1.00 e. The van der Waals surface area contributed by atoms with Gasteiger partial charge in [-0.25, -0.2) is 4.79 Å². The highest BCUT2D eigenvalue weighted by Crippen LogP contribution is 2.17. The first-order valence-corrected chi connectivity index (χ1v) is 6.22. The smallest absolute Gasteiger partial charge is 0.338 e. The molecule has 0 bridgehead atoms. The maximum Gasteiger partial charge on any atom is 0.338 e. The molecule has 1 aromatic carbocycles. The van der Waals surface area contributed by atoms with Gasteiger partial charge in [-0.15, -0.1) is 0 Å². The van der Waals surface area contributed by atoms with Crippen molar-refractivity contribution in [1.29, 1.82) is 0 Å². The average Bonchev–Trinajstić information content (AvgIpc) is 2.41. The van der Waals surface area contributed by atoms with Crippen LogP contribution >= 0.6 is 0 Å². The van der Waals surface area contributed by atoms with Gasteiger partial charge >= 0.3 is 5.97 Å². The van der Waals surface area contributed by atoms with Gasteiger partial charge in [0.1, 0.15) is 11.9 Å². The number of likely N-dealkylation sites (tertiary alicyclic amines) is 1. The van der Waals surface area contributed by atoms with Crippen LogP contribution in [0.3, 0.4) is 0 Å². The molecule has 0 radical (unpaired) electrons. The number of nitrogens with zero attached hydrogens (tertiary/aromatic N) is 1. The number of benzene rings is 1. The Morgan fingerprint density at radius 3 is 2.63 bits per heavy atom. The minimum atomic E-state index is -0.261. The third kappa shape index (κ3) is 4.40. The van der Waals surface area contributed by atoms with E-state index < -0.39 is 0 Å². The number of carbonyl (C=O) groups is 1. The van der Waals surface area contributed by atoms with E-state index in [0.29, 0.717) is 11.3 Å². The minimum Gasteiger partial charge on any atom is -1.00 e. The first-order chi connectivity index (χ1) is 8.69. The highest BCUT2D eigenvalue weighted by molar-refractivity contribution is 5.89. The molecule has 106 valence electrons. The van der Waals surface area contributed by atoms with Gasteiger partial charge in [0.2, 0.25) is 0 Å². The number of ether oxygens (including phenoxy) is 2. The summed E-state index contributed by atoms with van der Waals surface area (Å²) in [6.45, 7) is 1.96. The monoisotopic (exact) mass is 284 g/mol. The van der Waals surface area contributed by atoms with Gasteiger partial charge < -0.3 is 26.8 Å². The molecule has 0 saturated carbocycles. The van der Waals surface area contributed by atoms with Gasteiger partial charge in [0.15, 0.2) is 0 Å². The molecule has 19 heavy (non-hydrogen) atoms. The summed E-state index contributed by atoms with van der Waals surface area (Å²) in [5.74, 6) is 0.413. The van der Waals surface area contributed by atoms with E-state index in [1.165, 1.54) is 0 Å². The van der Waals surface area contributed by atoms with Crippen molar-refractivity contribution in [3.8, 4) is 5.75 Å². The average molecular weight is 285 g/mol. The molecule has 5 heteroatoms. The minimum absolute atomic E-state index is 0. The molecule has 1 aliphatic heterocycles. The Labute approximate surface area is 120 Å². The number of hydrogen-bond acceptors (Lipinski definition) is 4. The summed E-state index contributed by atoms with van der Waals surface area (Å²) in [5.41, 5.74) is 0.549. The summed E-state index contributed by atoms with van der Waals surface area (Å²) in [6, 6.07) is 7.06. The SMILES string of the molecule is COc1cccc(C(=O)OC2CCN(C)CC2)c1.[Cl-]. The van der Waals surface area contributed by atoms with Gasteiger partial charge in [0.25, 0.3) is 0 Å². The van der Waals surface area contributed by atoms with Crippen molar-refractivity contribution in [2.75, 3.05) is 27.2 Å². The van der Waals surface area contributed by atoms with Crippen molar-refractivity contribution in [1.82, 2.24) is 4.90 Å². The van der Waals surface area contributed by atoms with Gasteiger partial charge in [0, 0.05) is 13.1 Å². The Hall–Kier alpha value is -1.26. The quantitative estimate of drug-likeness (QED) is 0.664. The molecule has 0 aliphatic carbocycles. The van der Waals surface area contributed by atoms with Crippen LogP contribution in [0, 0.1) is 0 Å². The number of methoxy groups -OCH3 is 1. The predicted octanol–water partition coefficient (Wildman–Crippen LogP) is -1.05. The first-order valence-electron chi connectivity index (χ1n) is 6.22. The normalized spacial score (nSPS) is 16.5. The fourth-order valence-corrected chi connectivity index (χ4v) is 2.07. The zero-order valence-electron chi connectivity index (χ0n) is 11.3. The van der Waals surface area contributed by atoms with E-state index in [-0.39, 0.29) is 24.5 Å². The molecular weight excluding hydrogens is 266 g/mol. The number of hydrogen-bond donors (Lipinski definition) is 0. The van der Waals surface area contributed by atoms with Crippen LogP contribution in [-0.4, -0.2) is 44.2 Å². The molecule has 0 amide bonds. The lowest BCUT2D eigenvalue weighted by atomic mass is 10.1.